The number of aliphatic imine (C=N–C) groups is 2. The molecule has 3 N–H and O–H groups in total. The highest BCUT2D eigenvalue weighted by molar-refractivity contribution is 6.22. The first-order valence-electron chi connectivity index (χ1n) is 4.42. The standard InChI is InChI=1S/C11H12N4O2/c1-7(6-15-8(2)5-12)10(14-3)4-9(13)11(16)17/h4,6H,1-2,13H2,3H3,(H,16,17). The molecule has 0 heterocycles. The van der Waals surface area contributed by atoms with Crippen LogP contribution in [0.4, 0.5) is 0 Å². The van der Waals surface area contributed by atoms with Crippen molar-refractivity contribution in [3.63, 3.8) is 0 Å². The molecule has 0 aromatic carbocycles. The summed E-state index contributed by atoms with van der Waals surface area (Å²) >= 11 is 0. The lowest BCUT2D eigenvalue weighted by Gasteiger charge is -2.00. The van der Waals surface area contributed by atoms with Crippen LogP contribution >= 0.6 is 0 Å². The van der Waals surface area contributed by atoms with E-state index in [1.54, 1.807) is 6.07 Å². The number of rotatable bonds is 5. The largest absolute Gasteiger partial charge is 0.477 e. The van der Waals surface area contributed by atoms with E-state index in [9.17, 15) is 4.79 Å². The fourth-order valence-corrected chi connectivity index (χ4v) is 0.761. The van der Waals surface area contributed by atoms with Crippen molar-refractivity contribution in [2.75, 3.05) is 7.05 Å². The van der Waals surface area contributed by atoms with Gasteiger partial charge in [-0.25, -0.2) is 9.79 Å². The average Bonchev–Trinajstić information content (AvgIpc) is 2.31. The maximum atomic E-state index is 10.5. The van der Waals surface area contributed by atoms with Gasteiger partial charge in [-0.05, 0) is 6.08 Å². The molecule has 0 aromatic rings. The number of aliphatic carboxylic acids is 1. The second-order valence-corrected chi connectivity index (χ2v) is 2.86. The molecule has 0 aliphatic rings. The van der Waals surface area contributed by atoms with Crippen molar-refractivity contribution in [1.82, 2.24) is 0 Å². The maximum Gasteiger partial charge on any atom is 0.351 e. The highest BCUT2D eigenvalue weighted by Gasteiger charge is 2.05. The van der Waals surface area contributed by atoms with Crippen molar-refractivity contribution >= 4 is 17.9 Å². The van der Waals surface area contributed by atoms with E-state index >= 15 is 0 Å². The highest BCUT2D eigenvalue weighted by atomic mass is 16.4. The van der Waals surface area contributed by atoms with Crippen LogP contribution in [0.1, 0.15) is 0 Å². The SMILES string of the molecule is C=C(C#N)N=CC(=C)C(C=C(N)C(=O)O)=NC. The number of hydrogen-bond acceptors (Lipinski definition) is 5. The van der Waals surface area contributed by atoms with E-state index in [-0.39, 0.29) is 17.1 Å². The topological polar surface area (TPSA) is 112 Å². The highest BCUT2D eigenvalue weighted by Crippen LogP contribution is 1.99. The summed E-state index contributed by atoms with van der Waals surface area (Å²) in [6, 6.07) is 1.73. The summed E-state index contributed by atoms with van der Waals surface area (Å²) in [5.41, 5.74) is 5.48. The summed E-state index contributed by atoms with van der Waals surface area (Å²) in [4.78, 5) is 18.0. The molecule has 17 heavy (non-hydrogen) atoms. The summed E-state index contributed by atoms with van der Waals surface area (Å²) in [5.74, 6) is -1.25. The molecule has 0 saturated carbocycles. The number of nitrogens with zero attached hydrogens (tertiary/aromatic N) is 3. The molecule has 0 rings (SSSR count). The molecule has 0 radical (unpaired) electrons. The Morgan fingerprint density at radius 2 is 2.12 bits per heavy atom. The summed E-state index contributed by atoms with van der Waals surface area (Å²) in [5, 5.41) is 17.0. The van der Waals surface area contributed by atoms with Gasteiger partial charge in [-0.3, -0.25) is 4.99 Å². The number of carboxylic acid groups (broad SMARTS) is 1. The van der Waals surface area contributed by atoms with Crippen molar-refractivity contribution < 1.29 is 9.90 Å². The van der Waals surface area contributed by atoms with Gasteiger partial charge in [-0.2, -0.15) is 5.26 Å². The number of carboxylic acids is 1. The van der Waals surface area contributed by atoms with Crippen molar-refractivity contribution in [3.8, 4) is 6.07 Å². The molecule has 0 aliphatic heterocycles. The molecule has 0 spiro atoms. The second-order valence-electron chi connectivity index (χ2n) is 2.86. The number of hydrogen-bond donors (Lipinski definition) is 2. The van der Waals surface area contributed by atoms with Gasteiger partial charge in [-0.1, -0.05) is 13.2 Å². The Morgan fingerprint density at radius 3 is 2.53 bits per heavy atom. The Labute approximate surface area is 98.8 Å². The van der Waals surface area contributed by atoms with E-state index in [0.29, 0.717) is 5.57 Å². The van der Waals surface area contributed by atoms with Gasteiger partial charge in [0.25, 0.3) is 0 Å². The molecule has 0 bridgehead atoms. The fraction of sp³-hybridized carbons (Fsp3) is 0.0909. The van der Waals surface area contributed by atoms with Gasteiger partial charge in [-0.15, -0.1) is 0 Å². The normalized spacial score (nSPS) is 12.2. The number of nitriles is 1. The Bertz CT molecular complexity index is 478. The van der Waals surface area contributed by atoms with E-state index in [2.05, 4.69) is 23.1 Å². The van der Waals surface area contributed by atoms with Gasteiger partial charge >= 0.3 is 5.97 Å². The Hall–Kier alpha value is -2.68. The van der Waals surface area contributed by atoms with E-state index in [4.69, 9.17) is 16.1 Å². The molecule has 6 nitrogen and oxygen atoms in total. The third-order valence-electron chi connectivity index (χ3n) is 1.61. The molecule has 0 saturated heterocycles. The number of carbonyl (C=O) groups is 1. The van der Waals surface area contributed by atoms with Crippen molar-refractivity contribution in [2.24, 2.45) is 15.7 Å². The molecule has 0 unspecified atom stereocenters. The molecule has 88 valence electrons. The Balaban J connectivity index is 4.96. The average molecular weight is 232 g/mol. The monoisotopic (exact) mass is 232 g/mol. The first-order valence-corrected chi connectivity index (χ1v) is 4.42. The maximum absolute atomic E-state index is 10.5. The van der Waals surface area contributed by atoms with Crippen LogP contribution in [0.25, 0.3) is 0 Å². The van der Waals surface area contributed by atoms with E-state index < -0.39 is 5.97 Å². The summed E-state index contributed by atoms with van der Waals surface area (Å²) in [6.07, 6.45) is 2.42. The lowest BCUT2D eigenvalue weighted by molar-refractivity contribution is -0.132. The zero-order valence-electron chi connectivity index (χ0n) is 9.34. The van der Waals surface area contributed by atoms with Gasteiger partial charge in [0.05, 0.1) is 5.71 Å². The van der Waals surface area contributed by atoms with Crippen LogP contribution in [-0.4, -0.2) is 30.0 Å². The molecule has 0 atom stereocenters. The molecule has 6 heteroatoms. The number of allylic oxidation sites excluding steroid dienone is 3. The molecule has 0 aromatic heterocycles. The first kappa shape index (κ1) is 14.3. The molecule has 0 aliphatic carbocycles. The molecular weight excluding hydrogens is 220 g/mol. The predicted molar refractivity (Wildman–Crippen MR) is 65.7 cm³/mol. The second kappa shape index (κ2) is 6.74. The van der Waals surface area contributed by atoms with Gasteiger partial charge in [0.2, 0.25) is 0 Å². The van der Waals surface area contributed by atoms with Crippen LogP contribution < -0.4 is 5.73 Å². The van der Waals surface area contributed by atoms with Crippen molar-refractivity contribution in [2.45, 2.75) is 0 Å². The van der Waals surface area contributed by atoms with Crippen molar-refractivity contribution in [3.05, 3.63) is 36.2 Å². The Morgan fingerprint density at radius 1 is 1.53 bits per heavy atom. The van der Waals surface area contributed by atoms with Gasteiger partial charge in [0.15, 0.2) is 0 Å². The van der Waals surface area contributed by atoms with Crippen LogP contribution in [0.15, 0.2) is 46.2 Å². The third kappa shape index (κ3) is 5.09. The summed E-state index contributed by atoms with van der Waals surface area (Å²) in [6.45, 7) is 6.97. The minimum Gasteiger partial charge on any atom is -0.477 e. The zero-order chi connectivity index (χ0) is 13.4. The van der Waals surface area contributed by atoms with E-state index in [0.717, 1.165) is 6.08 Å². The molecule has 0 amide bonds. The van der Waals surface area contributed by atoms with E-state index in [1.807, 2.05) is 0 Å². The van der Waals surface area contributed by atoms with E-state index in [1.165, 1.54) is 13.3 Å². The third-order valence-corrected chi connectivity index (χ3v) is 1.61. The zero-order valence-corrected chi connectivity index (χ0v) is 9.34. The quantitative estimate of drug-likeness (QED) is 0.411. The van der Waals surface area contributed by atoms with Crippen LogP contribution in [0.5, 0.6) is 0 Å². The first-order chi connectivity index (χ1) is 7.92. The van der Waals surface area contributed by atoms with Crippen molar-refractivity contribution in [1.29, 1.82) is 5.26 Å². The lowest BCUT2D eigenvalue weighted by Crippen LogP contribution is -2.13. The Kier molecular flexibility index (Phi) is 5.68. The summed E-state index contributed by atoms with van der Waals surface area (Å²) in [7, 11) is 1.46. The van der Waals surface area contributed by atoms with Gasteiger partial charge in [0, 0.05) is 18.8 Å². The molecular formula is C11H12N4O2. The summed E-state index contributed by atoms with van der Waals surface area (Å²) < 4.78 is 0. The smallest absolute Gasteiger partial charge is 0.351 e. The minimum absolute atomic E-state index is 0.0109. The number of nitrogens with two attached hydrogens (primary N) is 1. The van der Waals surface area contributed by atoms with Crippen LogP contribution in [0.2, 0.25) is 0 Å². The van der Waals surface area contributed by atoms with Gasteiger partial charge < -0.3 is 10.8 Å². The lowest BCUT2D eigenvalue weighted by atomic mass is 10.1. The fourth-order valence-electron chi connectivity index (χ4n) is 0.761. The van der Waals surface area contributed by atoms with Gasteiger partial charge in [0.1, 0.15) is 17.5 Å². The van der Waals surface area contributed by atoms with Crippen LogP contribution in [-0.2, 0) is 4.79 Å². The predicted octanol–water partition coefficient (Wildman–Crippen LogP) is 0.649. The minimum atomic E-state index is -1.25. The molecule has 0 fully saturated rings. The van der Waals surface area contributed by atoms with Crippen LogP contribution in [0, 0.1) is 11.3 Å². The van der Waals surface area contributed by atoms with Crippen LogP contribution in [0.3, 0.4) is 0 Å².